The molecule has 1 aliphatic carbocycles. The van der Waals surface area contributed by atoms with E-state index in [9.17, 15) is 10.1 Å². The van der Waals surface area contributed by atoms with Crippen LogP contribution < -0.4 is 10.5 Å². The van der Waals surface area contributed by atoms with Gasteiger partial charge in [0.2, 0.25) is 0 Å². The van der Waals surface area contributed by atoms with Crippen LogP contribution in [0.5, 0.6) is 5.75 Å². The predicted molar refractivity (Wildman–Crippen MR) is 73.6 cm³/mol. The van der Waals surface area contributed by atoms with E-state index in [2.05, 4.69) is 0 Å². The number of nitrogens with two attached hydrogens (primary N) is 1. The number of nitro groups is 1. The molecule has 0 spiro atoms. The van der Waals surface area contributed by atoms with Crippen molar-refractivity contribution in [2.45, 2.75) is 37.6 Å². The van der Waals surface area contributed by atoms with Crippen LogP contribution in [0.4, 0.5) is 5.69 Å². The fourth-order valence-corrected chi connectivity index (χ4v) is 2.54. The number of nitro benzene ring substituents is 1. The third kappa shape index (κ3) is 3.58. The Kier molecular flexibility index (Phi) is 4.27. The summed E-state index contributed by atoms with van der Waals surface area (Å²) in [7, 11) is 0. The van der Waals surface area contributed by atoms with Gasteiger partial charge < -0.3 is 10.5 Å². The number of halogens is 1. The lowest BCUT2D eigenvalue weighted by Crippen LogP contribution is -2.47. The quantitative estimate of drug-likeness (QED) is 0.680. The average Bonchev–Trinajstić information content (AvgIpc) is 2.37. The highest BCUT2D eigenvalue weighted by molar-refractivity contribution is 6.30. The van der Waals surface area contributed by atoms with E-state index in [-0.39, 0.29) is 23.6 Å². The van der Waals surface area contributed by atoms with Crippen LogP contribution in [-0.4, -0.2) is 17.1 Å². The minimum absolute atomic E-state index is 0.0798. The van der Waals surface area contributed by atoms with Gasteiger partial charge in [0.25, 0.3) is 0 Å². The van der Waals surface area contributed by atoms with Gasteiger partial charge in [0, 0.05) is 17.2 Å². The zero-order valence-electron chi connectivity index (χ0n) is 10.6. The second-order valence-corrected chi connectivity index (χ2v) is 5.52. The molecule has 2 N–H and O–H groups in total. The molecule has 0 heterocycles. The fraction of sp³-hybridized carbons (Fsp3) is 0.538. The topological polar surface area (TPSA) is 78.4 Å². The van der Waals surface area contributed by atoms with Crippen molar-refractivity contribution in [2.24, 2.45) is 5.73 Å². The molecule has 0 atom stereocenters. The van der Waals surface area contributed by atoms with Crippen molar-refractivity contribution in [3.05, 3.63) is 33.3 Å². The molecular weight excluding hydrogens is 268 g/mol. The van der Waals surface area contributed by atoms with Crippen molar-refractivity contribution in [1.29, 1.82) is 0 Å². The molecule has 0 bridgehead atoms. The van der Waals surface area contributed by atoms with Gasteiger partial charge in [0.15, 0.2) is 5.75 Å². The van der Waals surface area contributed by atoms with Crippen molar-refractivity contribution in [1.82, 2.24) is 0 Å². The van der Waals surface area contributed by atoms with Crippen LogP contribution in [0.15, 0.2) is 18.2 Å². The summed E-state index contributed by atoms with van der Waals surface area (Å²) in [6.45, 7) is 0.286. The molecule has 104 valence electrons. The Morgan fingerprint density at radius 2 is 2.05 bits per heavy atom. The Bertz CT molecular complexity index is 473. The van der Waals surface area contributed by atoms with Crippen LogP contribution >= 0.6 is 11.6 Å². The lowest BCUT2D eigenvalue weighted by Gasteiger charge is -2.32. The van der Waals surface area contributed by atoms with Crippen LogP contribution in [0.3, 0.4) is 0 Å². The van der Waals surface area contributed by atoms with Crippen LogP contribution in [0, 0.1) is 10.1 Å². The first kappa shape index (κ1) is 14.1. The summed E-state index contributed by atoms with van der Waals surface area (Å²) in [5, 5.41) is 11.3. The number of ether oxygens (including phenoxy) is 1. The maximum Gasteiger partial charge on any atom is 0.311 e. The van der Waals surface area contributed by atoms with Gasteiger partial charge in [-0.3, -0.25) is 10.1 Å². The SMILES string of the molecule is NC1(COc2cc(Cl)ccc2[N+](=O)[O-])CCCCC1. The van der Waals surface area contributed by atoms with Gasteiger partial charge in [-0.15, -0.1) is 0 Å². The van der Waals surface area contributed by atoms with Gasteiger partial charge in [-0.25, -0.2) is 0 Å². The largest absolute Gasteiger partial charge is 0.485 e. The second kappa shape index (κ2) is 5.75. The van der Waals surface area contributed by atoms with E-state index in [1.807, 2.05) is 0 Å². The molecule has 1 aliphatic rings. The number of hydrogen-bond acceptors (Lipinski definition) is 4. The zero-order valence-corrected chi connectivity index (χ0v) is 11.4. The number of rotatable bonds is 4. The molecule has 0 amide bonds. The Morgan fingerprint density at radius 1 is 1.37 bits per heavy atom. The van der Waals surface area contributed by atoms with E-state index in [1.54, 1.807) is 0 Å². The van der Waals surface area contributed by atoms with E-state index in [0.717, 1.165) is 25.7 Å². The maximum atomic E-state index is 10.9. The lowest BCUT2D eigenvalue weighted by molar-refractivity contribution is -0.385. The molecule has 19 heavy (non-hydrogen) atoms. The predicted octanol–water partition coefficient (Wildman–Crippen LogP) is 3.29. The number of nitrogens with zero attached hydrogens (tertiary/aromatic N) is 1. The summed E-state index contributed by atoms with van der Waals surface area (Å²) in [4.78, 5) is 10.4. The van der Waals surface area contributed by atoms with Crippen molar-refractivity contribution in [3.63, 3.8) is 0 Å². The normalized spacial score (nSPS) is 18.0. The summed E-state index contributed by atoms with van der Waals surface area (Å²) in [6.07, 6.45) is 5.13. The fourth-order valence-electron chi connectivity index (χ4n) is 2.38. The van der Waals surface area contributed by atoms with E-state index in [4.69, 9.17) is 22.1 Å². The molecule has 2 rings (SSSR count). The molecule has 0 aliphatic heterocycles. The highest BCUT2D eigenvalue weighted by Gasteiger charge is 2.29. The van der Waals surface area contributed by atoms with Crippen molar-refractivity contribution in [3.8, 4) is 5.75 Å². The number of benzene rings is 1. The van der Waals surface area contributed by atoms with Crippen molar-refractivity contribution >= 4 is 17.3 Å². The Balaban J connectivity index is 2.10. The Morgan fingerprint density at radius 3 is 2.68 bits per heavy atom. The van der Waals surface area contributed by atoms with E-state index < -0.39 is 4.92 Å². The molecule has 0 unspecified atom stereocenters. The van der Waals surface area contributed by atoms with Crippen LogP contribution in [0.25, 0.3) is 0 Å². The molecule has 0 radical (unpaired) electrons. The van der Waals surface area contributed by atoms with E-state index in [0.29, 0.717) is 5.02 Å². The van der Waals surface area contributed by atoms with Gasteiger partial charge in [-0.2, -0.15) is 0 Å². The highest BCUT2D eigenvalue weighted by atomic mass is 35.5. The summed E-state index contributed by atoms with van der Waals surface area (Å²) >= 11 is 5.84. The minimum atomic E-state index is -0.476. The molecule has 1 saturated carbocycles. The highest BCUT2D eigenvalue weighted by Crippen LogP contribution is 2.32. The first-order valence-electron chi connectivity index (χ1n) is 6.36. The zero-order chi connectivity index (χ0) is 13.9. The standard InChI is InChI=1S/C13H17ClN2O3/c14-10-4-5-11(16(17)18)12(8-10)19-9-13(15)6-2-1-3-7-13/h4-5,8H,1-3,6-7,9,15H2. The van der Waals surface area contributed by atoms with Crippen molar-refractivity contribution < 1.29 is 9.66 Å². The molecule has 1 aromatic carbocycles. The molecule has 0 saturated heterocycles. The Hall–Kier alpha value is -1.33. The molecular formula is C13H17ClN2O3. The summed E-state index contributed by atoms with van der Waals surface area (Å²) in [6, 6.07) is 4.29. The van der Waals surface area contributed by atoms with Gasteiger partial charge in [0.05, 0.1) is 10.5 Å². The third-order valence-electron chi connectivity index (χ3n) is 3.48. The molecule has 6 heteroatoms. The van der Waals surface area contributed by atoms with Gasteiger partial charge in [0.1, 0.15) is 6.61 Å². The van der Waals surface area contributed by atoms with E-state index in [1.165, 1.54) is 24.6 Å². The number of hydrogen-bond donors (Lipinski definition) is 1. The van der Waals surface area contributed by atoms with Crippen LogP contribution in [-0.2, 0) is 0 Å². The summed E-state index contributed by atoms with van der Waals surface area (Å²) in [5.74, 6) is 0.188. The third-order valence-corrected chi connectivity index (χ3v) is 3.72. The first-order valence-corrected chi connectivity index (χ1v) is 6.74. The Labute approximate surface area is 116 Å². The lowest BCUT2D eigenvalue weighted by atomic mass is 9.83. The van der Waals surface area contributed by atoms with Gasteiger partial charge in [-0.05, 0) is 18.9 Å². The summed E-state index contributed by atoms with van der Waals surface area (Å²) in [5.41, 5.74) is 5.78. The van der Waals surface area contributed by atoms with Crippen LogP contribution in [0.2, 0.25) is 5.02 Å². The van der Waals surface area contributed by atoms with Gasteiger partial charge in [-0.1, -0.05) is 30.9 Å². The monoisotopic (exact) mass is 284 g/mol. The molecule has 0 aromatic heterocycles. The molecule has 1 fully saturated rings. The second-order valence-electron chi connectivity index (χ2n) is 5.08. The van der Waals surface area contributed by atoms with Crippen LogP contribution in [0.1, 0.15) is 32.1 Å². The smallest absolute Gasteiger partial charge is 0.311 e. The minimum Gasteiger partial charge on any atom is -0.485 e. The molecule has 5 nitrogen and oxygen atoms in total. The maximum absolute atomic E-state index is 10.9. The van der Waals surface area contributed by atoms with Crippen molar-refractivity contribution in [2.75, 3.05) is 6.61 Å². The summed E-state index contributed by atoms with van der Waals surface area (Å²) < 4.78 is 5.57. The average molecular weight is 285 g/mol. The van der Waals surface area contributed by atoms with Gasteiger partial charge >= 0.3 is 5.69 Å². The molecule has 1 aromatic rings. The van der Waals surface area contributed by atoms with E-state index >= 15 is 0 Å². The first-order chi connectivity index (χ1) is 9.00.